The normalized spacial score (nSPS) is 17.8. The highest BCUT2D eigenvalue weighted by molar-refractivity contribution is 6.35. The summed E-state index contributed by atoms with van der Waals surface area (Å²) in [4.78, 5) is 28.1. The van der Waals surface area contributed by atoms with Crippen molar-refractivity contribution in [3.8, 4) is 0 Å². The predicted octanol–water partition coefficient (Wildman–Crippen LogP) is 3.49. The Bertz CT molecular complexity index is 507. The monoisotopic (exact) mass is 345 g/mol. The zero-order chi connectivity index (χ0) is 17.7. The fourth-order valence-electron chi connectivity index (χ4n) is 3.32. The maximum absolute atomic E-state index is 12.2. The minimum atomic E-state index is -0.553. The number of nitrogens with zero attached hydrogens (tertiary/aromatic N) is 1. The number of carbonyl (C=O) groups excluding carboxylic acids is 2. The second kappa shape index (κ2) is 11.6. The van der Waals surface area contributed by atoms with E-state index in [0.717, 1.165) is 31.2 Å². The molecule has 0 unspecified atom stereocenters. The molecule has 0 aromatic carbocycles. The van der Waals surface area contributed by atoms with Gasteiger partial charge in [-0.2, -0.15) is 0 Å². The lowest BCUT2D eigenvalue weighted by Gasteiger charge is -2.19. The Morgan fingerprint density at radius 3 is 1.92 bits per heavy atom. The van der Waals surface area contributed by atoms with Crippen molar-refractivity contribution in [2.24, 2.45) is 0 Å². The quantitative estimate of drug-likeness (QED) is 0.824. The molecule has 0 atom stereocenters. The van der Waals surface area contributed by atoms with E-state index in [1.807, 2.05) is 12.1 Å². The Morgan fingerprint density at radius 1 is 0.840 bits per heavy atom. The smallest absolute Gasteiger partial charge is 0.309 e. The molecule has 2 rings (SSSR count). The van der Waals surface area contributed by atoms with Crippen LogP contribution in [0.3, 0.4) is 0 Å². The minimum Gasteiger partial charge on any atom is -0.345 e. The number of amides is 2. The van der Waals surface area contributed by atoms with Crippen molar-refractivity contribution in [3.05, 3.63) is 30.1 Å². The van der Waals surface area contributed by atoms with E-state index >= 15 is 0 Å². The molecule has 1 heterocycles. The third kappa shape index (κ3) is 8.14. The molecule has 5 heteroatoms. The number of rotatable bonds is 3. The summed E-state index contributed by atoms with van der Waals surface area (Å²) in [6, 6.07) is 3.77. The van der Waals surface area contributed by atoms with Gasteiger partial charge in [-0.25, -0.2) is 0 Å². The molecule has 1 aliphatic rings. The summed E-state index contributed by atoms with van der Waals surface area (Å²) in [5.41, 5.74) is 0.933. The molecule has 138 valence electrons. The van der Waals surface area contributed by atoms with Crippen LogP contribution in [-0.4, -0.2) is 22.8 Å². The average molecular weight is 345 g/mol. The summed E-state index contributed by atoms with van der Waals surface area (Å²) in [6.45, 7) is 0.347. The van der Waals surface area contributed by atoms with Crippen LogP contribution >= 0.6 is 0 Å². The van der Waals surface area contributed by atoms with Crippen molar-refractivity contribution in [3.63, 3.8) is 0 Å². The van der Waals surface area contributed by atoms with Gasteiger partial charge in [-0.15, -0.1) is 0 Å². The van der Waals surface area contributed by atoms with Crippen molar-refractivity contribution < 1.29 is 9.59 Å². The molecule has 2 amide bonds. The summed E-state index contributed by atoms with van der Waals surface area (Å²) < 4.78 is 0. The first-order valence-electron chi connectivity index (χ1n) is 9.73. The number of pyridine rings is 1. The molecular weight excluding hydrogens is 314 g/mol. The van der Waals surface area contributed by atoms with Crippen molar-refractivity contribution in [1.29, 1.82) is 0 Å². The molecule has 25 heavy (non-hydrogen) atoms. The van der Waals surface area contributed by atoms with Crippen LogP contribution in [0.4, 0.5) is 0 Å². The zero-order valence-electron chi connectivity index (χ0n) is 15.1. The fraction of sp³-hybridized carbons (Fsp3) is 0.650. The van der Waals surface area contributed by atoms with Gasteiger partial charge < -0.3 is 10.6 Å². The second-order valence-corrected chi connectivity index (χ2v) is 6.97. The van der Waals surface area contributed by atoms with Crippen LogP contribution < -0.4 is 10.6 Å². The molecule has 0 bridgehead atoms. The van der Waals surface area contributed by atoms with E-state index in [-0.39, 0.29) is 6.04 Å². The summed E-state index contributed by atoms with van der Waals surface area (Å²) >= 11 is 0. The lowest BCUT2D eigenvalue weighted by Crippen LogP contribution is -2.44. The van der Waals surface area contributed by atoms with E-state index in [4.69, 9.17) is 0 Å². The zero-order valence-corrected chi connectivity index (χ0v) is 15.1. The molecule has 0 saturated heterocycles. The molecule has 2 N–H and O–H groups in total. The number of hydrogen-bond acceptors (Lipinski definition) is 3. The van der Waals surface area contributed by atoms with Gasteiger partial charge in [0.25, 0.3) is 0 Å². The molecule has 0 aliphatic heterocycles. The molecule has 1 aliphatic carbocycles. The van der Waals surface area contributed by atoms with Gasteiger partial charge in [0, 0.05) is 25.0 Å². The van der Waals surface area contributed by atoms with Gasteiger partial charge in [-0.1, -0.05) is 57.8 Å². The minimum absolute atomic E-state index is 0.124. The maximum Gasteiger partial charge on any atom is 0.309 e. The second-order valence-electron chi connectivity index (χ2n) is 6.97. The van der Waals surface area contributed by atoms with Crippen LogP contribution in [0, 0.1) is 0 Å². The topological polar surface area (TPSA) is 71.1 Å². The van der Waals surface area contributed by atoms with E-state index < -0.39 is 11.8 Å². The van der Waals surface area contributed by atoms with Crippen LogP contribution in [0.1, 0.15) is 76.2 Å². The van der Waals surface area contributed by atoms with E-state index in [1.165, 1.54) is 44.9 Å². The molecule has 0 spiro atoms. The summed E-state index contributed by atoms with van der Waals surface area (Å²) in [5, 5.41) is 5.62. The van der Waals surface area contributed by atoms with Gasteiger partial charge in [-0.3, -0.25) is 14.6 Å². The highest BCUT2D eigenvalue weighted by atomic mass is 16.2. The number of hydrogen-bond donors (Lipinski definition) is 2. The Morgan fingerprint density at radius 2 is 1.36 bits per heavy atom. The average Bonchev–Trinajstić information content (AvgIpc) is 2.62. The Hall–Kier alpha value is -1.91. The highest BCUT2D eigenvalue weighted by Crippen LogP contribution is 2.16. The lowest BCUT2D eigenvalue weighted by molar-refractivity contribution is -0.139. The van der Waals surface area contributed by atoms with E-state index in [1.54, 1.807) is 12.4 Å². The van der Waals surface area contributed by atoms with Gasteiger partial charge in [0.05, 0.1) is 0 Å². The van der Waals surface area contributed by atoms with Gasteiger partial charge in [0.15, 0.2) is 0 Å². The molecular formula is C20H31N3O2. The van der Waals surface area contributed by atoms with Crippen LogP contribution in [0.25, 0.3) is 0 Å². The maximum atomic E-state index is 12.2. The third-order valence-corrected chi connectivity index (χ3v) is 4.85. The number of nitrogens with one attached hydrogen (secondary N) is 2. The van der Waals surface area contributed by atoms with Crippen molar-refractivity contribution in [2.75, 3.05) is 0 Å². The first-order chi connectivity index (χ1) is 12.3. The SMILES string of the molecule is O=C(NCc1ccncc1)C(=O)NC1CCCCCCCCCCC1. The molecule has 5 nitrogen and oxygen atoms in total. The predicted molar refractivity (Wildman–Crippen MR) is 98.8 cm³/mol. The number of carbonyl (C=O) groups is 2. The first kappa shape index (κ1) is 19.4. The van der Waals surface area contributed by atoms with E-state index in [0.29, 0.717) is 6.54 Å². The Balaban J connectivity index is 1.75. The summed E-state index contributed by atoms with van der Waals surface area (Å²) in [6.07, 6.45) is 16.6. The molecule has 1 fully saturated rings. The molecule has 1 saturated carbocycles. The van der Waals surface area contributed by atoms with Crippen molar-refractivity contribution in [2.45, 2.75) is 83.2 Å². The van der Waals surface area contributed by atoms with Crippen LogP contribution in [-0.2, 0) is 16.1 Å². The van der Waals surface area contributed by atoms with Crippen molar-refractivity contribution in [1.82, 2.24) is 15.6 Å². The standard InChI is InChI=1S/C20H31N3O2/c24-19(22-16-17-12-14-21-15-13-17)20(25)23-18-10-8-6-4-2-1-3-5-7-9-11-18/h12-15,18H,1-11,16H2,(H,22,24)(H,23,25). The Labute approximate surface area is 151 Å². The van der Waals surface area contributed by atoms with Crippen LogP contribution in [0.5, 0.6) is 0 Å². The lowest BCUT2D eigenvalue weighted by atomic mass is 9.98. The molecule has 1 aromatic heterocycles. The van der Waals surface area contributed by atoms with E-state index in [2.05, 4.69) is 15.6 Å². The summed E-state index contributed by atoms with van der Waals surface area (Å²) in [5.74, 6) is -1.06. The molecule has 0 radical (unpaired) electrons. The fourth-order valence-corrected chi connectivity index (χ4v) is 3.32. The Kier molecular flexibility index (Phi) is 9.02. The van der Waals surface area contributed by atoms with Gasteiger partial charge in [-0.05, 0) is 30.5 Å². The van der Waals surface area contributed by atoms with Gasteiger partial charge >= 0.3 is 11.8 Å². The van der Waals surface area contributed by atoms with Crippen molar-refractivity contribution >= 4 is 11.8 Å². The summed E-state index contributed by atoms with van der Waals surface area (Å²) in [7, 11) is 0. The highest BCUT2D eigenvalue weighted by Gasteiger charge is 2.18. The van der Waals surface area contributed by atoms with Gasteiger partial charge in [0.1, 0.15) is 0 Å². The van der Waals surface area contributed by atoms with E-state index in [9.17, 15) is 9.59 Å². The van der Waals surface area contributed by atoms with Gasteiger partial charge in [0.2, 0.25) is 0 Å². The van der Waals surface area contributed by atoms with Crippen LogP contribution in [0.2, 0.25) is 0 Å². The largest absolute Gasteiger partial charge is 0.345 e. The third-order valence-electron chi connectivity index (χ3n) is 4.85. The first-order valence-corrected chi connectivity index (χ1v) is 9.73. The molecule has 1 aromatic rings. The number of aromatic nitrogens is 1. The van der Waals surface area contributed by atoms with Crippen LogP contribution in [0.15, 0.2) is 24.5 Å².